The quantitative estimate of drug-likeness (QED) is 0.366. The van der Waals surface area contributed by atoms with Crippen molar-refractivity contribution in [2.75, 3.05) is 32.8 Å². The molecule has 1 aliphatic carbocycles. The van der Waals surface area contributed by atoms with Crippen LogP contribution in [0.4, 0.5) is 4.79 Å². The lowest BCUT2D eigenvalue weighted by Gasteiger charge is -2.28. The smallest absolute Gasteiger partial charge is 0.410 e. The molecule has 2 aliphatic rings. The minimum atomic E-state index is -0.767. The minimum Gasteiger partial charge on any atom is -0.492 e. The van der Waals surface area contributed by atoms with Gasteiger partial charge in [0.2, 0.25) is 0 Å². The van der Waals surface area contributed by atoms with Crippen LogP contribution in [0.25, 0.3) is 0 Å². The lowest BCUT2D eigenvalue weighted by Crippen LogP contribution is -2.43. The van der Waals surface area contributed by atoms with E-state index in [1.54, 1.807) is 6.92 Å². The van der Waals surface area contributed by atoms with Gasteiger partial charge >= 0.3 is 12.1 Å². The Kier molecular flexibility index (Phi) is 9.52. The first-order chi connectivity index (χ1) is 19.4. The molecule has 224 valence electrons. The van der Waals surface area contributed by atoms with Crippen LogP contribution in [0.3, 0.4) is 0 Å². The summed E-state index contributed by atoms with van der Waals surface area (Å²) in [5, 5.41) is 3.38. The number of nitrogens with zero attached hydrogens (tertiary/aromatic N) is 1. The maximum absolute atomic E-state index is 12.9. The molecule has 4 rings (SSSR count). The van der Waals surface area contributed by atoms with E-state index >= 15 is 0 Å². The summed E-state index contributed by atoms with van der Waals surface area (Å²) < 4.78 is 23.1. The van der Waals surface area contributed by atoms with Gasteiger partial charge in [0, 0.05) is 25.6 Å². The summed E-state index contributed by atoms with van der Waals surface area (Å²) in [6, 6.07) is 15.7. The predicted molar refractivity (Wildman–Crippen MR) is 158 cm³/mol. The Morgan fingerprint density at radius 1 is 0.927 bits per heavy atom. The topological polar surface area (TPSA) is 86.3 Å². The van der Waals surface area contributed by atoms with Crippen molar-refractivity contribution >= 4 is 12.1 Å². The molecule has 1 amide bonds. The number of fused-ring (bicyclic) bond motifs is 1. The maximum Gasteiger partial charge on any atom is 0.410 e. The van der Waals surface area contributed by atoms with Gasteiger partial charge in [-0.1, -0.05) is 45.0 Å². The normalized spacial score (nSPS) is 20.5. The van der Waals surface area contributed by atoms with Crippen LogP contribution >= 0.6 is 0 Å². The summed E-state index contributed by atoms with van der Waals surface area (Å²) in [5.74, 6) is 1.92. The van der Waals surface area contributed by atoms with Crippen molar-refractivity contribution < 1.29 is 28.5 Å². The number of amides is 1. The fourth-order valence-corrected chi connectivity index (χ4v) is 5.33. The van der Waals surface area contributed by atoms with Crippen LogP contribution in [-0.4, -0.2) is 67.6 Å². The van der Waals surface area contributed by atoms with E-state index in [-0.39, 0.29) is 24.2 Å². The molecule has 2 fully saturated rings. The summed E-state index contributed by atoms with van der Waals surface area (Å²) >= 11 is 0. The van der Waals surface area contributed by atoms with Crippen molar-refractivity contribution in [2.45, 2.75) is 78.0 Å². The van der Waals surface area contributed by atoms with Crippen LogP contribution < -0.4 is 14.8 Å². The lowest BCUT2D eigenvalue weighted by molar-refractivity contribution is -0.151. The van der Waals surface area contributed by atoms with Crippen LogP contribution in [0.1, 0.15) is 59.6 Å². The highest BCUT2D eigenvalue weighted by Gasteiger charge is 2.57. The number of piperidine rings is 1. The molecule has 1 heterocycles. The van der Waals surface area contributed by atoms with E-state index in [4.69, 9.17) is 18.9 Å². The monoisotopic (exact) mass is 566 g/mol. The molecule has 8 nitrogen and oxygen atoms in total. The summed E-state index contributed by atoms with van der Waals surface area (Å²) in [6.07, 6.45) is -0.684. The Morgan fingerprint density at radius 2 is 1.54 bits per heavy atom. The highest BCUT2D eigenvalue weighted by atomic mass is 16.6. The van der Waals surface area contributed by atoms with Crippen molar-refractivity contribution in [1.29, 1.82) is 0 Å². The number of carbonyl (C=O) groups is 2. The van der Waals surface area contributed by atoms with Crippen molar-refractivity contribution in [3.8, 4) is 11.5 Å². The molecule has 0 bridgehead atoms. The third kappa shape index (κ3) is 8.38. The molecule has 2 aromatic rings. The van der Waals surface area contributed by atoms with Gasteiger partial charge in [0.05, 0.1) is 13.2 Å². The SMILES string of the molecule is CCOC(=O)[C@H](Cc1ccc(OCCN(C(=O)OC(C)(C)C)[C@@H]2C3CNC[C@H]32)cc1)Oc1ccc(C(C)(C)C)cc1. The van der Waals surface area contributed by atoms with Gasteiger partial charge in [0.1, 0.15) is 23.7 Å². The van der Waals surface area contributed by atoms with Gasteiger partial charge in [0.25, 0.3) is 0 Å². The molecular weight excluding hydrogens is 520 g/mol. The van der Waals surface area contributed by atoms with E-state index in [1.165, 1.54) is 5.56 Å². The molecule has 0 aromatic heterocycles. The molecule has 41 heavy (non-hydrogen) atoms. The molecule has 0 radical (unpaired) electrons. The molecule has 1 aliphatic heterocycles. The molecule has 1 unspecified atom stereocenters. The zero-order valence-electron chi connectivity index (χ0n) is 25.6. The molecule has 0 spiro atoms. The van der Waals surface area contributed by atoms with Gasteiger partial charge in [-0.25, -0.2) is 9.59 Å². The number of rotatable bonds is 11. The van der Waals surface area contributed by atoms with E-state index in [0.29, 0.717) is 42.9 Å². The molecular formula is C33H46N2O6. The molecule has 1 N–H and O–H groups in total. The van der Waals surface area contributed by atoms with E-state index < -0.39 is 17.7 Å². The summed E-state index contributed by atoms with van der Waals surface area (Å²) in [6.45, 7) is 16.9. The minimum absolute atomic E-state index is 0.0330. The maximum atomic E-state index is 12.9. The standard InChI is InChI=1S/C33H46N2O6/c1-8-38-30(36)28(40-25-15-11-23(12-16-25)32(2,3)4)19-22-9-13-24(14-10-22)39-18-17-35(31(37)41-33(5,6)7)29-26-20-34-21-27(26)29/h9-16,26-29,34H,8,17-21H2,1-7H3/t26-,27?,28+,29+/m1/s1. The molecule has 8 heteroatoms. The first kappa shape index (κ1) is 30.7. The van der Waals surface area contributed by atoms with Gasteiger partial charge in [0.15, 0.2) is 6.10 Å². The van der Waals surface area contributed by atoms with Gasteiger partial charge < -0.3 is 29.2 Å². The van der Waals surface area contributed by atoms with Crippen LogP contribution in [0.15, 0.2) is 48.5 Å². The Bertz CT molecular complexity index is 1160. The van der Waals surface area contributed by atoms with E-state index in [2.05, 4.69) is 26.1 Å². The summed E-state index contributed by atoms with van der Waals surface area (Å²) in [4.78, 5) is 27.5. The second kappa shape index (κ2) is 12.7. The average molecular weight is 567 g/mol. The third-order valence-corrected chi connectivity index (χ3v) is 7.53. The van der Waals surface area contributed by atoms with Crippen LogP contribution in [-0.2, 0) is 26.1 Å². The Hall–Kier alpha value is -3.26. The van der Waals surface area contributed by atoms with Crippen molar-refractivity contribution in [3.63, 3.8) is 0 Å². The third-order valence-electron chi connectivity index (χ3n) is 7.53. The fourth-order valence-electron chi connectivity index (χ4n) is 5.33. The van der Waals surface area contributed by atoms with E-state index in [9.17, 15) is 9.59 Å². The number of carbonyl (C=O) groups excluding carboxylic acids is 2. The number of ether oxygens (including phenoxy) is 4. The summed E-state index contributed by atoms with van der Waals surface area (Å²) in [5.41, 5.74) is 1.61. The van der Waals surface area contributed by atoms with E-state index in [1.807, 2.05) is 74.2 Å². The lowest BCUT2D eigenvalue weighted by atomic mass is 9.87. The van der Waals surface area contributed by atoms with Crippen molar-refractivity contribution in [1.82, 2.24) is 10.2 Å². The highest BCUT2D eigenvalue weighted by Crippen LogP contribution is 2.46. The van der Waals surface area contributed by atoms with Crippen LogP contribution in [0.5, 0.6) is 11.5 Å². The molecule has 2 aromatic carbocycles. The molecule has 1 saturated heterocycles. The zero-order valence-corrected chi connectivity index (χ0v) is 25.6. The van der Waals surface area contributed by atoms with Crippen LogP contribution in [0.2, 0.25) is 0 Å². The Morgan fingerprint density at radius 3 is 2.10 bits per heavy atom. The number of hydrogen-bond donors (Lipinski definition) is 1. The second-order valence-electron chi connectivity index (χ2n) is 13.0. The molecule has 1 saturated carbocycles. The van der Waals surface area contributed by atoms with Gasteiger partial charge in [-0.3, -0.25) is 0 Å². The largest absolute Gasteiger partial charge is 0.492 e. The Labute approximate surface area is 244 Å². The fraction of sp³-hybridized carbons (Fsp3) is 0.576. The second-order valence-corrected chi connectivity index (χ2v) is 13.0. The van der Waals surface area contributed by atoms with Crippen molar-refractivity contribution in [2.24, 2.45) is 11.8 Å². The van der Waals surface area contributed by atoms with Gasteiger partial charge in [-0.15, -0.1) is 0 Å². The van der Waals surface area contributed by atoms with E-state index in [0.717, 1.165) is 18.7 Å². The number of esters is 1. The van der Waals surface area contributed by atoms with Gasteiger partial charge in [-0.05, 0) is 80.3 Å². The highest BCUT2D eigenvalue weighted by molar-refractivity contribution is 5.75. The average Bonchev–Trinajstić information content (AvgIpc) is 3.33. The van der Waals surface area contributed by atoms with Gasteiger partial charge in [-0.2, -0.15) is 0 Å². The Balaban J connectivity index is 1.34. The number of hydrogen-bond acceptors (Lipinski definition) is 7. The number of nitrogens with one attached hydrogen (secondary N) is 1. The summed E-state index contributed by atoms with van der Waals surface area (Å²) in [7, 11) is 0. The van der Waals surface area contributed by atoms with Crippen molar-refractivity contribution in [3.05, 3.63) is 59.7 Å². The zero-order chi connectivity index (χ0) is 29.8. The van der Waals surface area contributed by atoms with Crippen LogP contribution in [0, 0.1) is 11.8 Å². The first-order valence-corrected chi connectivity index (χ1v) is 14.7. The predicted octanol–water partition coefficient (Wildman–Crippen LogP) is 5.37. The number of benzene rings is 2. The first-order valence-electron chi connectivity index (χ1n) is 14.7. The molecule has 4 atom stereocenters.